The molecule has 21 heavy (non-hydrogen) atoms. The summed E-state index contributed by atoms with van der Waals surface area (Å²) < 4.78 is 6.09. The van der Waals surface area contributed by atoms with Crippen LogP contribution in [0.15, 0.2) is 33.3 Å². The Bertz CT molecular complexity index is 683. The van der Waals surface area contributed by atoms with Gasteiger partial charge in [-0.25, -0.2) is 0 Å². The van der Waals surface area contributed by atoms with Crippen LogP contribution >= 0.6 is 15.9 Å². The number of carbonyl (C=O) groups excluding carboxylic acids is 1. The fourth-order valence-corrected chi connectivity index (χ4v) is 3.12. The Hall–Kier alpha value is -1.82. The summed E-state index contributed by atoms with van der Waals surface area (Å²) in [5.74, 6) is 0.712. The molecule has 5 nitrogen and oxygen atoms in total. The van der Waals surface area contributed by atoms with Crippen LogP contribution in [0, 0.1) is 6.92 Å². The molecule has 2 heterocycles. The maximum absolute atomic E-state index is 12.8. The molecule has 1 fully saturated rings. The third kappa shape index (κ3) is 2.68. The van der Waals surface area contributed by atoms with Crippen molar-refractivity contribution in [1.29, 1.82) is 0 Å². The number of amides is 1. The van der Waals surface area contributed by atoms with E-state index in [-0.39, 0.29) is 11.9 Å². The Kier molecular flexibility index (Phi) is 3.71. The first-order valence-electron chi connectivity index (χ1n) is 6.85. The molecule has 0 radical (unpaired) electrons. The minimum atomic E-state index is -0.0490. The normalized spacial score (nSPS) is 18.2. The second-order valence-corrected chi connectivity index (χ2v) is 6.12. The van der Waals surface area contributed by atoms with E-state index >= 15 is 0 Å². The summed E-state index contributed by atoms with van der Waals surface area (Å²) in [6.45, 7) is 2.59. The number of aromatic nitrogens is 1. The van der Waals surface area contributed by atoms with Crippen LogP contribution in [0.5, 0.6) is 0 Å². The molecule has 1 aliphatic heterocycles. The van der Waals surface area contributed by atoms with Gasteiger partial charge >= 0.3 is 0 Å². The highest BCUT2D eigenvalue weighted by atomic mass is 79.9. The quantitative estimate of drug-likeness (QED) is 0.844. The van der Waals surface area contributed by atoms with E-state index < -0.39 is 0 Å². The van der Waals surface area contributed by atoms with Crippen LogP contribution in [0.1, 0.15) is 40.7 Å². The average molecular weight is 350 g/mol. The van der Waals surface area contributed by atoms with Gasteiger partial charge in [0, 0.05) is 22.8 Å². The third-order valence-corrected chi connectivity index (χ3v) is 4.40. The van der Waals surface area contributed by atoms with Crippen LogP contribution in [-0.2, 0) is 0 Å². The minimum absolute atomic E-state index is 0.0364. The molecule has 3 rings (SSSR count). The molecular formula is C15H16BrN3O2. The number of rotatable bonds is 2. The van der Waals surface area contributed by atoms with Crippen molar-refractivity contribution < 1.29 is 9.32 Å². The highest BCUT2D eigenvalue weighted by Crippen LogP contribution is 2.34. The van der Waals surface area contributed by atoms with Gasteiger partial charge in [0.2, 0.25) is 0 Å². The Balaban J connectivity index is 1.91. The third-order valence-electron chi connectivity index (χ3n) is 3.71. The maximum Gasteiger partial charge on any atom is 0.255 e. The number of nitrogens with two attached hydrogens (primary N) is 1. The molecule has 2 N–H and O–H groups in total. The summed E-state index contributed by atoms with van der Waals surface area (Å²) in [4.78, 5) is 14.6. The van der Waals surface area contributed by atoms with Gasteiger partial charge < -0.3 is 15.2 Å². The molecule has 1 unspecified atom stereocenters. The van der Waals surface area contributed by atoms with Crippen molar-refractivity contribution in [3.05, 3.63) is 45.8 Å². The van der Waals surface area contributed by atoms with Crippen molar-refractivity contribution in [3.63, 3.8) is 0 Å². The largest absolute Gasteiger partial charge is 0.399 e. The number of nitrogen functional groups attached to an aromatic ring is 1. The molecule has 0 spiro atoms. The number of benzene rings is 1. The zero-order chi connectivity index (χ0) is 15.0. The molecule has 1 aliphatic rings. The van der Waals surface area contributed by atoms with Gasteiger partial charge in [-0.15, -0.1) is 0 Å². The first-order valence-corrected chi connectivity index (χ1v) is 7.65. The number of hydrogen-bond acceptors (Lipinski definition) is 4. The predicted molar refractivity (Wildman–Crippen MR) is 82.8 cm³/mol. The topological polar surface area (TPSA) is 72.4 Å². The van der Waals surface area contributed by atoms with E-state index in [0.717, 1.165) is 28.8 Å². The molecule has 110 valence electrons. The summed E-state index contributed by atoms with van der Waals surface area (Å²) in [7, 11) is 0. The number of carbonyl (C=O) groups is 1. The standard InChI is InChI=1S/C15H16BrN3O2/c1-9-7-14(21-18-9)13-3-2-6-19(13)15(20)11-8-10(17)4-5-12(11)16/h4-5,7-8,13H,2-3,6,17H2,1H3. The summed E-state index contributed by atoms with van der Waals surface area (Å²) >= 11 is 3.42. The van der Waals surface area contributed by atoms with Gasteiger partial charge in [-0.1, -0.05) is 5.16 Å². The molecule has 1 aromatic carbocycles. The minimum Gasteiger partial charge on any atom is -0.399 e. The first-order chi connectivity index (χ1) is 10.1. The molecule has 1 atom stereocenters. The first kappa shape index (κ1) is 14.1. The monoisotopic (exact) mass is 349 g/mol. The van der Waals surface area contributed by atoms with Crippen LogP contribution in [0.25, 0.3) is 0 Å². The Morgan fingerprint density at radius 1 is 1.48 bits per heavy atom. The second kappa shape index (κ2) is 5.52. The Morgan fingerprint density at radius 3 is 3.00 bits per heavy atom. The van der Waals surface area contributed by atoms with Crippen LogP contribution in [0.4, 0.5) is 5.69 Å². The summed E-state index contributed by atoms with van der Waals surface area (Å²) in [5, 5.41) is 3.92. The molecule has 0 bridgehead atoms. The van der Waals surface area contributed by atoms with Crippen LogP contribution < -0.4 is 5.73 Å². The Morgan fingerprint density at radius 2 is 2.29 bits per heavy atom. The number of nitrogens with zero attached hydrogens (tertiary/aromatic N) is 2. The van der Waals surface area contributed by atoms with Gasteiger partial charge in [0.15, 0.2) is 5.76 Å². The summed E-state index contributed by atoms with van der Waals surface area (Å²) in [6.07, 6.45) is 1.84. The highest BCUT2D eigenvalue weighted by molar-refractivity contribution is 9.10. The van der Waals surface area contributed by atoms with Gasteiger partial charge in [0.1, 0.15) is 0 Å². The van der Waals surface area contributed by atoms with E-state index in [0.29, 0.717) is 17.8 Å². The van der Waals surface area contributed by atoms with Crippen molar-refractivity contribution in [2.75, 3.05) is 12.3 Å². The maximum atomic E-state index is 12.8. The van der Waals surface area contributed by atoms with Crippen molar-refractivity contribution in [3.8, 4) is 0 Å². The van der Waals surface area contributed by atoms with E-state index in [1.165, 1.54) is 0 Å². The smallest absolute Gasteiger partial charge is 0.255 e. The van der Waals surface area contributed by atoms with Gasteiger partial charge in [0.05, 0.1) is 17.3 Å². The van der Waals surface area contributed by atoms with Crippen molar-refractivity contribution in [2.24, 2.45) is 0 Å². The van der Waals surface area contributed by atoms with Crippen molar-refractivity contribution >= 4 is 27.5 Å². The SMILES string of the molecule is Cc1cc(C2CCCN2C(=O)c2cc(N)ccc2Br)on1. The lowest BCUT2D eigenvalue weighted by molar-refractivity contribution is 0.0713. The number of anilines is 1. The molecule has 0 saturated carbocycles. The average Bonchev–Trinajstić information content (AvgIpc) is 3.09. The summed E-state index contributed by atoms with van der Waals surface area (Å²) in [6, 6.07) is 7.11. The lowest BCUT2D eigenvalue weighted by Gasteiger charge is -2.23. The van der Waals surface area contributed by atoms with E-state index in [2.05, 4.69) is 21.1 Å². The molecule has 1 saturated heterocycles. The van der Waals surface area contributed by atoms with E-state index in [1.54, 1.807) is 18.2 Å². The molecule has 1 amide bonds. The molecule has 0 aliphatic carbocycles. The Labute approximate surface area is 131 Å². The van der Waals surface area contributed by atoms with Gasteiger partial charge in [-0.05, 0) is 53.9 Å². The van der Waals surface area contributed by atoms with E-state index in [9.17, 15) is 4.79 Å². The number of likely N-dealkylation sites (tertiary alicyclic amines) is 1. The van der Waals surface area contributed by atoms with Crippen LogP contribution in [0.3, 0.4) is 0 Å². The van der Waals surface area contributed by atoms with Crippen molar-refractivity contribution in [1.82, 2.24) is 10.1 Å². The molecule has 6 heteroatoms. The fraction of sp³-hybridized carbons (Fsp3) is 0.333. The van der Waals surface area contributed by atoms with Crippen LogP contribution in [-0.4, -0.2) is 22.5 Å². The lowest BCUT2D eigenvalue weighted by Crippen LogP contribution is -2.30. The molecular weight excluding hydrogens is 334 g/mol. The zero-order valence-electron chi connectivity index (χ0n) is 11.7. The second-order valence-electron chi connectivity index (χ2n) is 5.27. The van der Waals surface area contributed by atoms with Gasteiger partial charge in [-0.3, -0.25) is 4.79 Å². The van der Waals surface area contributed by atoms with E-state index in [4.69, 9.17) is 10.3 Å². The van der Waals surface area contributed by atoms with Crippen LogP contribution in [0.2, 0.25) is 0 Å². The predicted octanol–water partition coefficient (Wildman–Crippen LogP) is 3.31. The van der Waals surface area contributed by atoms with Crippen molar-refractivity contribution in [2.45, 2.75) is 25.8 Å². The molecule has 2 aromatic rings. The fourth-order valence-electron chi connectivity index (χ4n) is 2.71. The van der Waals surface area contributed by atoms with Gasteiger partial charge in [-0.2, -0.15) is 0 Å². The number of halogens is 1. The lowest BCUT2D eigenvalue weighted by atomic mass is 10.1. The number of aryl methyl sites for hydroxylation is 1. The molecule has 1 aromatic heterocycles. The zero-order valence-corrected chi connectivity index (χ0v) is 13.3. The van der Waals surface area contributed by atoms with Gasteiger partial charge in [0.25, 0.3) is 5.91 Å². The van der Waals surface area contributed by atoms with E-state index in [1.807, 2.05) is 17.9 Å². The highest BCUT2D eigenvalue weighted by Gasteiger charge is 2.33. The number of hydrogen-bond donors (Lipinski definition) is 1. The summed E-state index contributed by atoms with van der Waals surface area (Å²) in [5.41, 5.74) is 7.78.